The SMILES string of the molecule is NC(=O)CN1CCC(NC(=O)CCc2ccc(Cl)cc2)CC1. The minimum atomic E-state index is -0.301. The summed E-state index contributed by atoms with van der Waals surface area (Å²) in [6.07, 6.45) is 2.91. The van der Waals surface area contributed by atoms with Gasteiger partial charge in [-0.15, -0.1) is 0 Å². The second kappa shape index (κ2) is 8.15. The number of hydrogen-bond acceptors (Lipinski definition) is 3. The smallest absolute Gasteiger partial charge is 0.231 e. The number of carbonyl (C=O) groups is 2. The summed E-state index contributed by atoms with van der Waals surface area (Å²) in [4.78, 5) is 24.9. The van der Waals surface area contributed by atoms with Gasteiger partial charge in [-0.3, -0.25) is 14.5 Å². The quantitative estimate of drug-likeness (QED) is 0.829. The van der Waals surface area contributed by atoms with Gasteiger partial charge in [0.2, 0.25) is 11.8 Å². The van der Waals surface area contributed by atoms with Crippen LogP contribution in [0.1, 0.15) is 24.8 Å². The average molecular weight is 324 g/mol. The van der Waals surface area contributed by atoms with Crippen LogP contribution in [0.5, 0.6) is 0 Å². The maximum atomic E-state index is 12.0. The Labute approximate surface area is 135 Å². The largest absolute Gasteiger partial charge is 0.369 e. The molecule has 1 saturated heterocycles. The van der Waals surface area contributed by atoms with Gasteiger partial charge in [-0.05, 0) is 37.0 Å². The number of likely N-dealkylation sites (tertiary alicyclic amines) is 1. The van der Waals surface area contributed by atoms with Crippen molar-refractivity contribution in [1.29, 1.82) is 0 Å². The molecule has 1 aromatic rings. The van der Waals surface area contributed by atoms with E-state index >= 15 is 0 Å². The lowest BCUT2D eigenvalue weighted by Gasteiger charge is -2.31. The van der Waals surface area contributed by atoms with Crippen molar-refractivity contribution in [2.75, 3.05) is 19.6 Å². The monoisotopic (exact) mass is 323 g/mol. The molecule has 1 aromatic carbocycles. The van der Waals surface area contributed by atoms with Crippen LogP contribution < -0.4 is 11.1 Å². The summed E-state index contributed by atoms with van der Waals surface area (Å²) >= 11 is 5.83. The number of hydrogen-bond donors (Lipinski definition) is 2. The highest BCUT2D eigenvalue weighted by Crippen LogP contribution is 2.12. The van der Waals surface area contributed by atoms with Crippen molar-refractivity contribution >= 4 is 23.4 Å². The van der Waals surface area contributed by atoms with Gasteiger partial charge < -0.3 is 11.1 Å². The van der Waals surface area contributed by atoms with Crippen LogP contribution in [0, 0.1) is 0 Å². The highest BCUT2D eigenvalue weighted by Gasteiger charge is 2.21. The molecule has 0 unspecified atom stereocenters. The second-order valence-corrected chi connectivity index (χ2v) is 6.15. The van der Waals surface area contributed by atoms with E-state index in [0.29, 0.717) is 24.4 Å². The Balaban J connectivity index is 1.67. The normalized spacial score (nSPS) is 16.4. The minimum Gasteiger partial charge on any atom is -0.369 e. The summed E-state index contributed by atoms with van der Waals surface area (Å²) in [5, 5.41) is 3.77. The molecule has 0 saturated carbocycles. The van der Waals surface area contributed by atoms with E-state index < -0.39 is 0 Å². The van der Waals surface area contributed by atoms with E-state index in [9.17, 15) is 9.59 Å². The van der Waals surface area contributed by atoms with Crippen LogP contribution in [-0.2, 0) is 16.0 Å². The van der Waals surface area contributed by atoms with E-state index in [4.69, 9.17) is 17.3 Å². The van der Waals surface area contributed by atoms with E-state index in [1.807, 2.05) is 29.2 Å². The van der Waals surface area contributed by atoms with Crippen LogP contribution in [0.2, 0.25) is 5.02 Å². The van der Waals surface area contributed by atoms with Crippen molar-refractivity contribution in [2.24, 2.45) is 5.73 Å². The molecule has 120 valence electrons. The molecule has 0 radical (unpaired) electrons. The maximum Gasteiger partial charge on any atom is 0.231 e. The van der Waals surface area contributed by atoms with Crippen molar-refractivity contribution in [2.45, 2.75) is 31.7 Å². The molecule has 1 aliphatic rings. The molecule has 5 nitrogen and oxygen atoms in total. The number of carbonyl (C=O) groups excluding carboxylic acids is 2. The van der Waals surface area contributed by atoms with Gasteiger partial charge in [0.15, 0.2) is 0 Å². The molecule has 1 fully saturated rings. The zero-order valence-corrected chi connectivity index (χ0v) is 13.3. The van der Waals surface area contributed by atoms with Crippen LogP contribution in [0.15, 0.2) is 24.3 Å². The predicted molar refractivity (Wildman–Crippen MR) is 86.6 cm³/mol. The van der Waals surface area contributed by atoms with Gasteiger partial charge in [0.05, 0.1) is 6.54 Å². The molecular formula is C16H22ClN3O2. The lowest BCUT2D eigenvalue weighted by molar-refractivity contribution is -0.123. The van der Waals surface area contributed by atoms with Crippen molar-refractivity contribution in [3.63, 3.8) is 0 Å². The fraction of sp³-hybridized carbons (Fsp3) is 0.500. The van der Waals surface area contributed by atoms with Crippen LogP contribution >= 0.6 is 11.6 Å². The van der Waals surface area contributed by atoms with E-state index in [0.717, 1.165) is 31.5 Å². The number of piperidine rings is 1. The maximum absolute atomic E-state index is 12.0. The number of nitrogens with one attached hydrogen (secondary N) is 1. The van der Waals surface area contributed by atoms with E-state index in [-0.39, 0.29) is 17.9 Å². The lowest BCUT2D eigenvalue weighted by atomic mass is 10.0. The summed E-state index contributed by atoms with van der Waals surface area (Å²) in [5.74, 6) is -0.228. The Morgan fingerprint density at radius 2 is 1.86 bits per heavy atom. The van der Waals surface area contributed by atoms with Crippen molar-refractivity contribution in [3.8, 4) is 0 Å². The van der Waals surface area contributed by atoms with Gasteiger partial charge >= 0.3 is 0 Å². The standard InChI is InChI=1S/C16H22ClN3O2/c17-13-4-1-12(2-5-13)3-6-16(22)19-14-7-9-20(10-8-14)11-15(18)21/h1-2,4-5,14H,3,6-11H2,(H2,18,21)(H,19,22). The average Bonchev–Trinajstić information content (AvgIpc) is 2.48. The Morgan fingerprint density at radius 3 is 2.45 bits per heavy atom. The summed E-state index contributed by atoms with van der Waals surface area (Å²) in [5.41, 5.74) is 6.29. The first-order chi connectivity index (χ1) is 10.5. The van der Waals surface area contributed by atoms with E-state index in [1.54, 1.807) is 0 Å². The molecule has 2 amide bonds. The van der Waals surface area contributed by atoms with Gasteiger partial charge in [0.25, 0.3) is 0 Å². The lowest BCUT2D eigenvalue weighted by Crippen LogP contribution is -2.46. The highest BCUT2D eigenvalue weighted by molar-refractivity contribution is 6.30. The number of rotatable bonds is 6. The first-order valence-corrected chi connectivity index (χ1v) is 7.95. The Hall–Kier alpha value is -1.59. The van der Waals surface area contributed by atoms with Crippen LogP contribution in [0.3, 0.4) is 0 Å². The van der Waals surface area contributed by atoms with E-state index in [2.05, 4.69) is 5.32 Å². The van der Waals surface area contributed by atoms with Gasteiger partial charge in [-0.25, -0.2) is 0 Å². The molecule has 6 heteroatoms. The topological polar surface area (TPSA) is 75.4 Å². The molecule has 0 spiro atoms. The zero-order chi connectivity index (χ0) is 15.9. The van der Waals surface area contributed by atoms with Crippen molar-refractivity contribution in [1.82, 2.24) is 10.2 Å². The van der Waals surface area contributed by atoms with Crippen LogP contribution in [0.25, 0.3) is 0 Å². The third-order valence-electron chi connectivity index (χ3n) is 3.89. The first kappa shape index (κ1) is 16.8. The van der Waals surface area contributed by atoms with Gasteiger partial charge in [-0.1, -0.05) is 23.7 Å². The summed E-state index contributed by atoms with van der Waals surface area (Å²) in [7, 11) is 0. The zero-order valence-electron chi connectivity index (χ0n) is 12.6. The molecule has 2 rings (SSSR count). The number of nitrogens with two attached hydrogens (primary N) is 1. The molecule has 22 heavy (non-hydrogen) atoms. The summed E-state index contributed by atoms with van der Waals surface area (Å²) < 4.78 is 0. The van der Waals surface area contributed by atoms with Gasteiger partial charge in [0.1, 0.15) is 0 Å². The number of primary amides is 1. The third-order valence-corrected chi connectivity index (χ3v) is 4.14. The first-order valence-electron chi connectivity index (χ1n) is 7.57. The molecule has 3 N–H and O–H groups in total. The molecule has 0 atom stereocenters. The number of nitrogens with zero attached hydrogens (tertiary/aromatic N) is 1. The number of benzene rings is 1. The minimum absolute atomic E-state index is 0.0725. The highest BCUT2D eigenvalue weighted by atomic mass is 35.5. The molecule has 1 heterocycles. The fourth-order valence-electron chi connectivity index (χ4n) is 2.66. The fourth-order valence-corrected chi connectivity index (χ4v) is 2.79. The Kier molecular flexibility index (Phi) is 6.21. The van der Waals surface area contributed by atoms with Crippen molar-refractivity contribution in [3.05, 3.63) is 34.9 Å². The number of aryl methyl sites for hydroxylation is 1. The Bertz CT molecular complexity index is 511. The van der Waals surface area contributed by atoms with Crippen LogP contribution in [-0.4, -0.2) is 42.4 Å². The van der Waals surface area contributed by atoms with Gasteiger partial charge in [0, 0.05) is 30.6 Å². The molecule has 1 aliphatic heterocycles. The summed E-state index contributed by atoms with van der Waals surface area (Å²) in [6, 6.07) is 7.75. The summed E-state index contributed by atoms with van der Waals surface area (Å²) in [6.45, 7) is 1.90. The van der Waals surface area contributed by atoms with Crippen LogP contribution in [0.4, 0.5) is 0 Å². The number of halogens is 1. The molecule has 0 aromatic heterocycles. The number of amides is 2. The Morgan fingerprint density at radius 1 is 1.23 bits per heavy atom. The van der Waals surface area contributed by atoms with Crippen molar-refractivity contribution < 1.29 is 9.59 Å². The molecule has 0 aliphatic carbocycles. The third kappa shape index (κ3) is 5.66. The second-order valence-electron chi connectivity index (χ2n) is 5.71. The molecular weight excluding hydrogens is 302 g/mol. The molecule has 0 bridgehead atoms. The predicted octanol–water partition coefficient (Wildman–Crippen LogP) is 1.34. The van der Waals surface area contributed by atoms with E-state index in [1.165, 1.54) is 0 Å². The van der Waals surface area contributed by atoms with Gasteiger partial charge in [-0.2, -0.15) is 0 Å².